The molecule has 1 amide bonds. The van der Waals surface area contributed by atoms with Crippen LogP contribution in [0.2, 0.25) is 0 Å². The molecule has 1 aromatic rings. The largest absolute Gasteiger partial charge is 0.478 e. The average Bonchev–Trinajstić information content (AvgIpc) is 2.55. The molecular weight excluding hydrogens is 310 g/mol. The second-order valence-corrected chi connectivity index (χ2v) is 6.19. The number of ether oxygens (including phenoxy) is 1. The van der Waals surface area contributed by atoms with Gasteiger partial charge in [0, 0.05) is 39.9 Å². The maximum Gasteiger partial charge on any atom is 0.255 e. The number of aliphatic hydroxyl groups is 1. The van der Waals surface area contributed by atoms with Crippen LogP contribution in [0.3, 0.4) is 0 Å². The molecule has 7 heteroatoms. The van der Waals surface area contributed by atoms with E-state index in [2.05, 4.69) is 4.99 Å². The molecule has 0 spiro atoms. The van der Waals surface area contributed by atoms with Gasteiger partial charge in [0.1, 0.15) is 11.4 Å². The first kappa shape index (κ1) is 16.2. The van der Waals surface area contributed by atoms with Crippen LogP contribution >= 0.6 is 0 Å². The molecule has 24 heavy (non-hydrogen) atoms. The summed E-state index contributed by atoms with van der Waals surface area (Å²) in [7, 11) is 6.98. The van der Waals surface area contributed by atoms with Crippen molar-refractivity contribution in [2.45, 2.75) is 12.2 Å². The predicted molar refractivity (Wildman–Crippen MR) is 90.1 cm³/mol. The normalized spacial score (nSPS) is 21.8. The molecule has 2 unspecified atom stereocenters. The van der Waals surface area contributed by atoms with Gasteiger partial charge in [-0.05, 0) is 18.2 Å². The van der Waals surface area contributed by atoms with E-state index in [0.29, 0.717) is 11.4 Å². The predicted octanol–water partition coefficient (Wildman–Crippen LogP) is 0.544. The molecule has 0 aromatic heterocycles. The number of carbonyl (C=O) groups excluding carboxylic acids is 2. The summed E-state index contributed by atoms with van der Waals surface area (Å²) in [5.41, 5.74) is 1.91. The van der Waals surface area contributed by atoms with E-state index in [4.69, 9.17) is 4.74 Å². The van der Waals surface area contributed by atoms with E-state index in [1.54, 1.807) is 26.2 Å². The van der Waals surface area contributed by atoms with Crippen molar-refractivity contribution >= 4 is 28.8 Å². The van der Waals surface area contributed by atoms with Gasteiger partial charge in [0.05, 0.1) is 11.3 Å². The average molecular weight is 329 g/mol. The monoisotopic (exact) mass is 329 g/mol. The van der Waals surface area contributed by atoms with Gasteiger partial charge >= 0.3 is 0 Å². The second-order valence-electron chi connectivity index (χ2n) is 6.19. The Morgan fingerprint density at radius 1 is 1.25 bits per heavy atom. The highest BCUT2D eigenvalue weighted by Gasteiger charge is 2.42. The number of rotatable bonds is 2. The summed E-state index contributed by atoms with van der Waals surface area (Å²) < 4.78 is 5.83. The Morgan fingerprint density at radius 3 is 2.58 bits per heavy atom. The van der Waals surface area contributed by atoms with Crippen LogP contribution < -0.4 is 9.64 Å². The Hall–Kier alpha value is -2.67. The standard InChI is InChI=1S/C17H19N3O4/c1-19(2)9-5-6-11-13(7-9)24-16-14(18-11)10(17(23)20(3)4)8-12(21)15(16)22/h5-8,15-16,22H,1-4H3. The van der Waals surface area contributed by atoms with Gasteiger partial charge in [-0.25, -0.2) is 4.99 Å². The molecule has 0 saturated heterocycles. The zero-order chi connectivity index (χ0) is 17.6. The molecule has 2 atom stereocenters. The molecule has 2 aliphatic rings. The van der Waals surface area contributed by atoms with Crippen molar-refractivity contribution < 1.29 is 19.4 Å². The Bertz CT molecular complexity index is 780. The van der Waals surface area contributed by atoms with Crippen LogP contribution in [0, 0.1) is 0 Å². The van der Waals surface area contributed by atoms with Gasteiger partial charge in [0.15, 0.2) is 18.0 Å². The van der Waals surface area contributed by atoms with Gasteiger partial charge in [0.2, 0.25) is 0 Å². The summed E-state index contributed by atoms with van der Waals surface area (Å²) in [5, 5.41) is 10.2. The van der Waals surface area contributed by atoms with E-state index in [-0.39, 0.29) is 17.2 Å². The Balaban J connectivity index is 2.11. The minimum absolute atomic E-state index is 0.155. The molecule has 0 fully saturated rings. The van der Waals surface area contributed by atoms with Gasteiger partial charge in [-0.15, -0.1) is 0 Å². The number of hydrogen-bond acceptors (Lipinski definition) is 6. The van der Waals surface area contributed by atoms with E-state index in [9.17, 15) is 14.7 Å². The third-order valence-corrected chi connectivity index (χ3v) is 4.00. The second kappa shape index (κ2) is 5.76. The molecule has 1 heterocycles. The van der Waals surface area contributed by atoms with Crippen molar-refractivity contribution in [3.05, 3.63) is 29.8 Å². The SMILES string of the molecule is CN(C)C(=O)C1=CC(=O)C(O)C2Oc3cc(N(C)C)ccc3N=C12. The number of benzene rings is 1. The lowest BCUT2D eigenvalue weighted by atomic mass is 9.89. The molecule has 1 aromatic carbocycles. The lowest BCUT2D eigenvalue weighted by Gasteiger charge is -2.33. The quantitative estimate of drug-likeness (QED) is 0.856. The molecule has 3 rings (SSSR count). The van der Waals surface area contributed by atoms with Gasteiger partial charge < -0.3 is 19.6 Å². The minimum atomic E-state index is -1.38. The van der Waals surface area contributed by atoms with Crippen molar-refractivity contribution in [1.29, 1.82) is 0 Å². The van der Waals surface area contributed by atoms with Crippen molar-refractivity contribution in [3.63, 3.8) is 0 Å². The van der Waals surface area contributed by atoms with Crippen molar-refractivity contribution in [3.8, 4) is 5.75 Å². The molecular formula is C17H19N3O4. The highest BCUT2D eigenvalue weighted by molar-refractivity contribution is 6.30. The third kappa shape index (κ3) is 2.56. The summed E-state index contributed by atoms with van der Waals surface area (Å²) in [6.45, 7) is 0. The van der Waals surface area contributed by atoms with Crippen molar-refractivity contribution in [2.24, 2.45) is 4.99 Å². The first-order chi connectivity index (χ1) is 11.3. The summed E-state index contributed by atoms with van der Waals surface area (Å²) in [4.78, 5) is 32.1. The fourth-order valence-electron chi connectivity index (χ4n) is 2.64. The summed E-state index contributed by atoms with van der Waals surface area (Å²) in [5.74, 6) is -0.437. The van der Waals surface area contributed by atoms with Crippen LogP contribution in [-0.2, 0) is 9.59 Å². The number of hydrogen-bond donors (Lipinski definition) is 1. The van der Waals surface area contributed by atoms with E-state index < -0.39 is 18.0 Å². The smallest absolute Gasteiger partial charge is 0.255 e. The van der Waals surface area contributed by atoms with Crippen molar-refractivity contribution in [1.82, 2.24) is 4.90 Å². The molecule has 0 bridgehead atoms. The molecule has 1 aliphatic carbocycles. The van der Waals surface area contributed by atoms with Crippen LogP contribution in [0.4, 0.5) is 11.4 Å². The lowest BCUT2D eigenvalue weighted by molar-refractivity contribution is -0.128. The first-order valence-electron chi connectivity index (χ1n) is 7.52. The molecule has 0 saturated carbocycles. The van der Waals surface area contributed by atoms with E-state index in [0.717, 1.165) is 11.8 Å². The van der Waals surface area contributed by atoms with Crippen molar-refractivity contribution in [2.75, 3.05) is 33.1 Å². The van der Waals surface area contributed by atoms with Gasteiger partial charge in [0.25, 0.3) is 5.91 Å². The number of amides is 1. The van der Waals surface area contributed by atoms with Gasteiger partial charge in [-0.3, -0.25) is 9.59 Å². The van der Waals surface area contributed by atoms with E-state index in [1.165, 1.54) is 4.90 Å². The minimum Gasteiger partial charge on any atom is -0.478 e. The van der Waals surface area contributed by atoms with Gasteiger partial charge in [-0.2, -0.15) is 0 Å². The zero-order valence-corrected chi connectivity index (χ0v) is 14.0. The molecule has 0 radical (unpaired) electrons. The highest BCUT2D eigenvalue weighted by Crippen LogP contribution is 2.38. The van der Waals surface area contributed by atoms with Crippen LogP contribution in [0.5, 0.6) is 5.75 Å². The molecule has 1 aliphatic heterocycles. The number of anilines is 1. The van der Waals surface area contributed by atoms with E-state index >= 15 is 0 Å². The van der Waals surface area contributed by atoms with Gasteiger partial charge in [-0.1, -0.05) is 0 Å². The third-order valence-electron chi connectivity index (χ3n) is 4.00. The van der Waals surface area contributed by atoms with Crippen LogP contribution in [0.1, 0.15) is 0 Å². The number of ketones is 1. The van der Waals surface area contributed by atoms with Crippen LogP contribution in [0.25, 0.3) is 0 Å². The number of aliphatic imine (C=N–C) groups is 1. The Kier molecular flexibility index (Phi) is 3.88. The fourth-order valence-corrected chi connectivity index (χ4v) is 2.64. The topological polar surface area (TPSA) is 82.4 Å². The maximum absolute atomic E-state index is 12.3. The first-order valence-corrected chi connectivity index (χ1v) is 7.52. The number of nitrogens with zero attached hydrogens (tertiary/aromatic N) is 3. The number of carbonyl (C=O) groups is 2. The molecule has 126 valence electrons. The Labute approximate surface area is 139 Å². The maximum atomic E-state index is 12.3. The number of likely N-dealkylation sites (N-methyl/N-ethyl adjacent to an activating group) is 1. The highest BCUT2D eigenvalue weighted by atomic mass is 16.5. The summed E-state index contributed by atoms with van der Waals surface area (Å²) >= 11 is 0. The molecule has 7 nitrogen and oxygen atoms in total. The van der Waals surface area contributed by atoms with E-state index in [1.807, 2.05) is 25.1 Å². The number of aliphatic hydroxyl groups excluding tert-OH is 1. The Morgan fingerprint density at radius 2 is 1.96 bits per heavy atom. The van der Waals surface area contributed by atoms with Crippen LogP contribution in [0.15, 0.2) is 34.8 Å². The number of fused-ring (bicyclic) bond motifs is 2. The molecule has 1 N–H and O–H groups in total. The zero-order valence-electron chi connectivity index (χ0n) is 14.0. The summed E-state index contributed by atoms with van der Waals surface area (Å²) in [6.07, 6.45) is -1.21. The lowest BCUT2D eigenvalue weighted by Crippen LogP contribution is -2.50. The fraction of sp³-hybridized carbons (Fsp3) is 0.353. The summed E-state index contributed by atoms with van der Waals surface area (Å²) in [6, 6.07) is 5.46. The van der Waals surface area contributed by atoms with Crippen LogP contribution in [-0.4, -0.2) is 67.8 Å².